The second kappa shape index (κ2) is 11.8. The first-order valence-corrected chi connectivity index (χ1v) is 10.9. The van der Waals surface area contributed by atoms with Crippen LogP contribution in [0.5, 0.6) is 0 Å². The van der Waals surface area contributed by atoms with Crippen LogP contribution in [0.2, 0.25) is 0 Å². The van der Waals surface area contributed by atoms with Gasteiger partial charge >= 0.3 is 0 Å². The van der Waals surface area contributed by atoms with Crippen molar-refractivity contribution in [1.29, 1.82) is 0 Å². The SMILES string of the molecule is CC(C)(C)c1n[n-]c(-c2ccccn2)n1.Fc1c[c-]c(-c2ccccn2)c(F)c1-c1ccccn1.[Ir]. The Morgan fingerprint density at radius 3 is 1.83 bits per heavy atom. The van der Waals surface area contributed by atoms with Crippen LogP contribution in [0.25, 0.3) is 34.0 Å². The predicted molar refractivity (Wildman–Crippen MR) is 129 cm³/mol. The maximum Gasteiger partial charge on any atom is 0.0634 e. The summed E-state index contributed by atoms with van der Waals surface area (Å²) < 4.78 is 28.5. The van der Waals surface area contributed by atoms with E-state index in [9.17, 15) is 8.78 Å². The van der Waals surface area contributed by atoms with Gasteiger partial charge in [0.25, 0.3) is 0 Å². The van der Waals surface area contributed by atoms with Gasteiger partial charge in [-0.15, -0.1) is 12.1 Å². The third kappa shape index (κ3) is 6.30. The molecule has 0 spiro atoms. The van der Waals surface area contributed by atoms with Gasteiger partial charge in [-0.1, -0.05) is 50.6 Å². The Morgan fingerprint density at radius 1 is 0.778 bits per heavy atom. The van der Waals surface area contributed by atoms with Crippen molar-refractivity contribution in [3.8, 4) is 34.0 Å². The number of hydrogen-bond donors (Lipinski definition) is 0. The van der Waals surface area contributed by atoms with Crippen molar-refractivity contribution in [1.82, 2.24) is 30.1 Å². The van der Waals surface area contributed by atoms with E-state index < -0.39 is 11.6 Å². The topological polar surface area (TPSA) is 78.5 Å². The fourth-order valence-electron chi connectivity index (χ4n) is 3.10. The number of pyridine rings is 3. The summed E-state index contributed by atoms with van der Waals surface area (Å²) in [4.78, 5) is 16.6. The molecule has 5 aromatic rings. The summed E-state index contributed by atoms with van der Waals surface area (Å²) >= 11 is 0. The normalized spacial score (nSPS) is 10.7. The fourth-order valence-corrected chi connectivity index (χ4v) is 3.10. The first-order chi connectivity index (χ1) is 16.8. The predicted octanol–water partition coefficient (Wildman–Crippen LogP) is 5.68. The Hall–Kier alpha value is -3.68. The minimum atomic E-state index is -0.706. The number of rotatable bonds is 3. The van der Waals surface area contributed by atoms with Crippen LogP contribution in [0.4, 0.5) is 8.78 Å². The maximum absolute atomic E-state index is 14.6. The van der Waals surface area contributed by atoms with Crippen LogP contribution in [-0.2, 0) is 25.5 Å². The maximum atomic E-state index is 14.6. The molecule has 0 aliphatic rings. The Bertz CT molecular complexity index is 1390. The van der Waals surface area contributed by atoms with Gasteiger partial charge in [0.2, 0.25) is 0 Å². The first kappa shape index (κ1) is 26.9. The van der Waals surface area contributed by atoms with Gasteiger partial charge in [-0.25, -0.2) is 0 Å². The summed E-state index contributed by atoms with van der Waals surface area (Å²) in [5.74, 6) is -0.0491. The zero-order valence-electron chi connectivity index (χ0n) is 19.8. The molecule has 0 aliphatic carbocycles. The molecule has 0 unspecified atom stereocenters. The van der Waals surface area contributed by atoms with Crippen molar-refractivity contribution >= 4 is 0 Å². The standard InChI is InChI=1S/C16H9F2N2.C11H13N4.Ir/c17-12-8-7-11(13-5-1-3-9-19-13)16(18)15(12)14-6-2-4-10-20-14;1-11(2,3)10-13-9(14-15-10)8-6-4-5-7-12-8;/h1-6,8-10H;4-7H,1-3H3;/q2*-1;. The molecule has 5 rings (SSSR count). The molecule has 185 valence electrons. The van der Waals surface area contributed by atoms with E-state index in [0.717, 1.165) is 17.6 Å². The van der Waals surface area contributed by atoms with Crippen molar-refractivity contribution in [3.05, 3.63) is 103 Å². The van der Waals surface area contributed by atoms with Gasteiger partial charge in [0.05, 0.1) is 17.2 Å². The van der Waals surface area contributed by atoms with Crippen LogP contribution >= 0.6 is 0 Å². The third-order valence-corrected chi connectivity index (χ3v) is 4.88. The molecule has 0 bridgehead atoms. The molecule has 0 fully saturated rings. The first-order valence-electron chi connectivity index (χ1n) is 10.9. The molecular formula is C27H22F2IrN6-2. The van der Waals surface area contributed by atoms with Crippen LogP contribution in [0.3, 0.4) is 0 Å². The molecule has 9 heteroatoms. The summed E-state index contributed by atoms with van der Waals surface area (Å²) in [5.41, 5.74) is 1.31. The van der Waals surface area contributed by atoms with Gasteiger partial charge in [0, 0.05) is 55.8 Å². The number of benzene rings is 1. The van der Waals surface area contributed by atoms with Crippen molar-refractivity contribution < 1.29 is 28.9 Å². The van der Waals surface area contributed by atoms with Crippen LogP contribution in [0, 0.1) is 17.7 Å². The van der Waals surface area contributed by atoms with E-state index in [2.05, 4.69) is 57.0 Å². The minimum Gasteiger partial charge on any atom is -0.420 e. The number of hydrogen-bond acceptors (Lipinski definition) is 5. The Morgan fingerprint density at radius 2 is 1.33 bits per heavy atom. The molecule has 36 heavy (non-hydrogen) atoms. The van der Waals surface area contributed by atoms with Gasteiger partial charge in [0.1, 0.15) is 0 Å². The van der Waals surface area contributed by atoms with E-state index in [1.165, 1.54) is 6.20 Å². The van der Waals surface area contributed by atoms with Crippen LogP contribution < -0.4 is 5.10 Å². The number of aromatic nitrogens is 6. The average molecular weight is 661 g/mol. The van der Waals surface area contributed by atoms with E-state index in [-0.39, 0.29) is 42.3 Å². The largest absolute Gasteiger partial charge is 0.420 e. The van der Waals surface area contributed by atoms with E-state index in [1.807, 2.05) is 18.2 Å². The van der Waals surface area contributed by atoms with Crippen molar-refractivity contribution in [2.75, 3.05) is 0 Å². The summed E-state index contributed by atoms with van der Waals surface area (Å²) in [6, 6.07) is 19.4. The molecule has 6 nitrogen and oxygen atoms in total. The molecule has 0 aliphatic heterocycles. The van der Waals surface area contributed by atoms with Crippen LogP contribution in [-0.4, -0.2) is 25.0 Å². The fraction of sp³-hybridized carbons (Fsp3) is 0.148. The van der Waals surface area contributed by atoms with E-state index in [0.29, 0.717) is 11.5 Å². The molecule has 4 aromatic heterocycles. The van der Waals surface area contributed by atoms with Gasteiger partial charge in [0.15, 0.2) is 0 Å². The molecule has 1 aromatic carbocycles. The Labute approximate surface area is 221 Å². The van der Waals surface area contributed by atoms with Gasteiger partial charge in [-0.3, -0.25) is 23.8 Å². The summed E-state index contributed by atoms with van der Waals surface area (Å²) in [6.07, 6.45) is 4.76. The minimum absolute atomic E-state index is 0. The Balaban J connectivity index is 0.000000203. The average Bonchev–Trinajstić information content (AvgIpc) is 3.38. The summed E-state index contributed by atoms with van der Waals surface area (Å²) in [5, 5.41) is 8.09. The molecular weight excluding hydrogens is 639 g/mol. The van der Waals surface area contributed by atoms with E-state index >= 15 is 0 Å². The second-order valence-corrected chi connectivity index (χ2v) is 8.55. The molecule has 1 radical (unpaired) electrons. The Kier molecular flexibility index (Phi) is 8.85. The van der Waals surface area contributed by atoms with Crippen LogP contribution in [0.1, 0.15) is 26.6 Å². The summed E-state index contributed by atoms with van der Waals surface area (Å²) in [7, 11) is 0. The molecule has 0 amide bonds. The van der Waals surface area contributed by atoms with Crippen molar-refractivity contribution in [3.63, 3.8) is 0 Å². The van der Waals surface area contributed by atoms with Gasteiger partial charge in [-0.2, -0.15) is 0 Å². The van der Waals surface area contributed by atoms with Gasteiger partial charge < -0.3 is 15.1 Å². The third-order valence-electron chi connectivity index (χ3n) is 4.88. The summed E-state index contributed by atoms with van der Waals surface area (Å²) in [6.45, 7) is 6.19. The zero-order valence-corrected chi connectivity index (χ0v) is 22.2. The van der Waals surface area contributed by atoms with E-state index in [1.54, 1.807) is 48.8 Å². The number of nitrogens with zero attached hydrogens (tertiary/aromatic N) is 6. The van der Waals surface area contributed by atoms with Crippen LogP contribution in [0.15, 0.2) is 79.3 Å². The number of halogens is 2. The van der Waals surface area contributed by atoms with Crippen molar-refractivity contribution in [2.24, 2.45) is 0 Å². The second-order valence-electron chi connectivity index (χ2n) is 8.55. The quantitative estimate of drug-likeness (QED) is 0.232. The molecule has 0 saturated carbocycles. The smallest absolute Gasteiger partial charge is 0.0634 e. The van der Waals surface area contributed by atoms with E-state index in [4.69, 9.17) is 0 Å². The molecule has 0 atom stereocenters. The van der Waals surface area contributed by atoms with Crippen molar-refractivity contribution in [2.45, 2.75) is 26.2 Å². The molecule has 4 heterocycles. The van der Waals surface area contributed by atoms with Gasteiger partial charge in [-0.05, 0) is 47.4 Å². The monoisotopic (exact) mass is 661 g/mol. The zero-order chi connectivity index (χ0) is 24.8. The molecule has 0 N–H and O–H groups in total. The molecule has 0 saturated heterocycles.